The predicted molar refractivity (Wildman–Crippen MR) is 106 cm³/mol. The maximum absolute atomic E-state index is 13.5. The molecular formula is C21H25F9O7. The van der Waals surface area contributed by atoms with Crippen LogP contribution in [0.5, 0.6) is 11.5 Å². The van der Waals surface area contributed by atoms with E-state index in [0.29, 0.717) is 0 Å². The van der Waals surface area contributed by atoms with Crippen molar-refractivity contribution in [1.29, 1.82) is 0 Å². The molecule has 214 valence electrons. The van der Waals surface area contributed by atoms with Gasteiger partial charge in [-0.05, 0) is 43.5 Å². The van der Waals surface area contributed by atoms with Crippen molar-refractivity contribution in [1.82, 2.24) is 0 Å². The molecule has 37 heavy (non-hydrogen) atoms. The Hall–Kier alpha value is -2.01. The number of hydrogen-bond donors (Lipinski definition) is 4. The van der Waals surface area contributed by atoms with E-state index >= 15 is 0 Å². The van der Waals surface area contributed by atoms with Crippen LogP contribution in [-0.2, 0) is 4.74 Å². The van der Waals surface area contributed by atoms with Gasteiger partial charge in [-0.15, -0.1) is 0 Å². The topological polar surface area (TPSA) is 109 Å². The Balaban J connectivity index is 1.78. The molecule has 1 heterocycles. The summed E-state index contributed by atoms with van der Waals surface area (Å²) in [7, 11) is 0. The van der Waals surface area contributed by atoms with Crippen molar-refractivity contribution in [2.75, 3.05) is 13.2 Å². The quantitative estimate of drug-likeness (QED) is 0.230. The predicted octanol–water partition coefficient (Wildman–Crippen LogP) is 3.27. The first kappa shape index (κ1) is 31.2. The largest absolute Gasteiger partial charge is 0.494 e. The normalized spacial score (nSPS) is 25.7. The van der Waals surface area contributed by atoms with Gasteiger partial charge in [0.15, 0.2) is 0 Å². The molecule has 1 aliphatic heterocycles. The molecule has 1 fully saturated rings. The first-order chi connectivity index (χ1) is 17.0. The summed E-state index contributed by atoms with van der Waals surface area (Å²) < 4.78 is 131. The molecule has 1 aromatic carbocycles. The van der Waals surface area contributed by atoms with E-state index in [9.17, 15) is 54.8 Å². The molecule has 0 radical (unpaired) electrons. The van der Waals surface area contributed by atoms with Crippen LogP contribution in [0.1, 0.15) is 25.7 Å². The zero-order chi connectivity index (χ0) is 28.2. The summed E-state index contributed by atoms with van der Waals surface area (Å²) in [6.07, 6.45) is -17.2. The van der Waals surface area contributed by atoms with E-state index in [2.05, 4.69) is 0 Å². The van der Waals surface area contributed by atoms with Gasteiger partial charge < -0.3 is 34.6 Å². The van der Waals surface area contributed by atoms with Crippen LogP contribution in [0.3, 0.4) is 0 Å². The summed E-state index contributed by atoms with van der Waals surface area (Å²) in [5.41, 5.74) is 0. The molecule has 1 aromatic rings. The van der Waals surface area contributed by atoms with E-state index in [4.69, 9.17) is 19.3 Å². The van der Waals surface area contributed by atoms with Crippen molar-refractivity contribution in [3.05, 3.63) is 24.3 Å². The highest BCUT2D eigenvalue weighted by molar-refractivity contribution is 5.31. The molecular weight excluding hydrogens is 535 g/mol. The molecule has 0 unspecified atom stereocenters. The maximum atomic E-state index is 13.5. The maximum Gasteiger partial charge on any atom is 0.460 e. The van der Waals surface area contributed by atoms with E-state index in [1.54, 1.807) is 0 Å². The van der Waals surface area contributed by atoms with Gasteiger partial charge in [0.25, 0.3) is 0 Å². The molecule has 16 heteroatoms. The second-order valence-electron chi connectivity index (χ2n) is 8.30. The third-order valence-electron chi connectivity index (χ3n) is 5.54. The Morgan fingerprint density at radius 1 is 0.730 bits per heavy atom. The minimum atomic E-state index is -6.90. The minimum absolute atomic E-state index is 0.0135. The second kappa shape index (κ2) is 11.8. The number of halogens is 9. The van der Waals surface area contributed by atoms with Gasteiger partial charge in [-0.3, -0.25) is 0 Å². The average molecular weight is 560 g/mol. The van der Waals surface area contributed by atoms with Crippen LogP contribution in [0.2, 0.25) is 0 Å². The molecule has 2 rings (SSSR count). The third kappa shape index (κ3) is 6.90. The molecule has 0 spiro atoms. The van der Waals surface area contributed by atoms with Crippen molar-refractivity contribution in [3.8, 4) is 11.5 Å². The highest BCUT2D eigenvalue weighted by atomic mass is 19.4. The van der Waals surface area contributed by atoms with Gasteiger partial charge in [-0.25, -0.2) is 0 Å². The monoisotopic (exact) mass is 560 g/mol. The molecule has 7 nitrogen and oxygen atoms in total. The zero-order valence-corrected chi connectivity index (χ0v) is 18.9. The number of ether oxygens (including phenoxy) is 3. The van der Waals surface area contributed by atoms with Crippen LogP contribution in [0.15, 0.2) is 24.3 Å². The van der Waals surface area contributed by atoms with Gasteiger partial charge in [0.05, 0.1) is 13.2 Å². The average Bonchev–Trinajstić information content (AvgIpc) is 2.81. The van der Waals surface area contributed by atoms with E-state index < -0.39 is 74.1 Å². The highest BCUT2D eigenvalue weighted by Gasteiger charge is 2.81. The smallest absolute Gasteiger partial charge is 0.460 e. The van der Waals surface area contributed by atoms with Gasteiger partial charge in [0, 0.05) is 6.42 Å². The van der Waals surface area contributed by atoms with Gasteiger partial charge in [0.1, 0.15) is 35.9 Å². The summed E-state index contributed by atoms with van der Waals surface area (Å²) in [6.45, 7) is -0.786. The van der Waals surface area contributed by atoms with Gasteiger partial charge in [-0.1, -0.05) is 0 Å². The molecule has 0 amide bonds. The third-order valence-corrected chi connectivity index (χ3v) is 5.54. The molecule has 5 atom stereocenters. The number of aliphatic hydroxyl groups is 4. The van der Waals surface area contributed by atoms with Gasteiger partial charge in [-0.2, -0.15) is 39.5 Å². The summed E-state index contributed by atoms with van der Waals surface area (Å²) in [6, 6.07) is 5.43. The van der Waals surface area contributed by atoms with Crippen LogP contribution >= 0.6 is 0 Å². The molecule has 0 aliphatic carbocycles. The van der Waals surface area contributed by atoms with Crippen LogP contribution in [0.4, 0.5) is 39.5 Å². The molecule has 0 bridgehead atoms. The Labute approximate surface area is 204 Å². The Bertz CT molecular complexity index is 850. The van der Waals surface area contributed by atoms with E-state index in [1.807, 2.05) is 0 Å². The molecule has 0 saturated carbocycles. The highest BCUT2D eigenvalue weighted by Crippen LogP contribution is 2.54. The standard InChI is InChI=1S/C21H25F9O7/c22-18(23,19(24,25)20(26,27)21(28,29)30)8-2-1-3-9-35-11-4-6-12(7-5-11)36-17-16(34)15(33)14(32)13(10-31)37-17/h4-7,13-17,31-34H,1-3,8-10H2/t13-,14-,15+,16-,17-/m1/s1. The molecule has 4 N–H and O–H groups in total. The minimum Gasteiger partial charge on any atom is -0.494 e. The number of rotatable bonds is 12. The zero-order valence-electron chi connectivity index (χ0n) is 18.9. The van der Waals surface area contributed by atoms with Gasteiger partial charge in [0.2, 0.25) is 6.29 Å². The molecule has 1 saturated heterocycles. The van der Waals surface area contributed by atoms with Crippen molar-refractivity contribution in [2.45, 2.75) is 80.3 Å². The fraction of sp³-hybridized carbons (Fsp3) is 0.714. The lowest BCUT2D eigenvalue weighted by atomic mass is 9.98. The van der Waals surface area contributed by atoms with Crippen LogP contribution in [0.25, 0.3) is 0 Å². The van der Waals surface area contributed by atoms with Crippen molar-refractivity contribution in [2.24, 2.45) is 0 Å². The van der Waals surface area contributed by atoms with E-state index in [0.717, 1.165) is 0 Å². The number of benzene rings is 1. The lowest BCUT2D eigenvalue weighted by Crippen LogP contribution is -2.60. The van der Waals surface area contributed by atoms with Crippen molar-refractivity contribution >= 4 is 0 Å². The summed E-state index contributed by atoms with van der Waals surface area (Å²) in [5, 5.41) is 38.6. The second-order valence-corrected chi connectivity index (χ2v) is 8.30. The van der Waals surface area contributed by atoms with Gasteiger partial charge >= 0.3 is 23.9 Å². The molecule has 0 aromatic heterocycles. The lowest BCUT2D eigenvalue weighted by molar-refractivity contribution is -0.396. The summed E-state index contributed by atoms with van der Waals surface area (Å²) >= 11 is 0. The number of alkyl halides is 9. The fourth-order valence-electron chi connectivity index (χ4n) is 3.29. The van der Waals surface area contributed by atoms with E-state index in [1.165, 1.54) is 24.3 Å². The Morgan fingerprint density at radius 3 is 1.84 bits per heavy atom. The Kier molecular flexibility index (Phi) is 9.95. The SMILES string of the molecule is OC[C@H]1O[C@@H](Oc2ccc(OCCCCCC(F)(F)C(F)(F)C(F)(F)C(F)(F)F)cc2)[C@H](O)[C@@H](O)[C@@H]1O. The van der Waals surface area contributed by atoms with E-state index in [-0.39, 0.29) is 30.9 Å². The number of unbranched alkanes of at least 4 members (excludes halogenated alkanes) is 2. The fourth-order valence-corrected chi connectivity index (χ4v) is 3.29. The van der Waals surface area contributed by atoms with Crippen molar-refractivity contribution in [3.63, 3.8) is 0 Å². The van der Waals surface area contributed by atoms with Crippen molar-refractivity contribution < 1.29 is 74.2 Å². The first-order valence-corrected chi connectivity index (χ1v) is 10.9. The Morgan fingerprint density at radius 2 is 1.30 bits per heavy atom. The van der Waals surface area contributed by atoms with Crippen LogP contribution in [-0.4, -0.2) is 88.3 Å². The van der Waals surface area contributed by atoms with Crippen LogP contribution in [0, 0.1) is 0 Å². The van der Waals surface area contributed by atoms with Crippen LogP contribution < -0.4 is 9.47 Å². The number of aliphatic hydroxyl groups excluding tert-OH is 4. The first-order valence-electron chi connectivity index (χ1n) is 10.9. The molecule has 1 aliphatic rings. The lowest BCUT2D eigenvalue weighted by Gasteiger charge is -2.39. The number of hydrogen-bond acceptors (Lipinski definition) is 7. The summed E-state index contributed by atoms with van der Waals surface area (Å²) in [4.78, 5) is 0. The summed E-state index contributed by atoms with van der Waals surface area (Å²) in [5.74, 6) is -18.8.